The number of aryl methyl sites for hydroxylation is 2. The molecule has 3 aromatic rings. The lowest BCUT2D eigenvalue weighted by molar-refractivity contribution is -0.115. The van der Waals surface area contributed by atoms with Crippen LogP contribution in [0.2, 0.25) is 0 Å². The molecule has 1 amide bonds. The van der Waals surface area contributed by atoms with Gasteiger partial charge in [0, 0.05) is 11.3 Å². The fraction of sp³-hybridized carbons (Fsp3) is 0.263. The van der Waals surface area contributed by atoms with Gasteiger partial charge < -0.3 is 10.1 Å². The van der Waals surface area contributed by atoms with E-state index < -0.39 is 0 Å². The van der Waals surface area contributed by atoms with Crippen LogP contribution >= 0.6 is 0 Å². The first-order valence-electron chi connectivity index (χ1n) is 8.26. The number of rotatable bonds is 5. The molecule has 0 saturated carbocycles. The van der Waals surface area contributed by atoms with E-state index in [1.807, 2.05) is 49.6 Å². The summed E-state index contributed by atoms with van der Waals surface area (Å²) >= 11 is 0. The number of aromatic nitrogens is 4. The van der Waals surface area contributed by atoms with Gasteiger partial charge in [0.25, 0.3) is 0 Å². The highest BCUT2D eigenvalue weighted by Gasteiger charge is 2.12. The van der Waals surface area contributed by atoms with Gasteiger partial charge in [-0.05, 0) is 26.8 Å². The Bertz CT molecular complexity index is 932. The molecule has 0 aliphatic carbocycles. The van der Waals surface area contributed by atoms with Crippen molar-refractivity contribution < 1.29 is 9.53 Å². The first kappa shape index (κ1) is 17.6. The standard InChI is InChI=1S/C19H21N5O2/c1-12-13(2)24(14(3)22-12)19-20-10-16(11-21-19)23-18(25)9-15-7-5-6-8-17(15)26-4/h5-8,10-11H,9H2,1-4H3,(H,23,25). The summed E-state index contributed by atoms with van der Waals surface area (Å²) in [6.07, 6.45) is 3.40. The number of hydrogen-bond acceptors (Lipinski definition) is 5. The second-order valence-electron chi connectivity index (χ2n) is 5.97. The molecule has 0 saturated heterocycles. The molecule has 0 spiro atoms. The molecule has 0 radical (unpaired) electrons. The van der Waals surface area contributed by atoms with E-state index in [2.05, 4.69) is 20.3 Å². The maximum Gasteiger partial charge on any atom is 0.235 e. The van der Waals surface area contributed by atoms with Crippen molar-refractivity contribution in [2.75, 3.05) is 12.4 Å². The van der Waals surface area contributed by atoms with Crippen molar-refractivity contribution in [2.45, 2.75) is 27.2 Å². The van der Waals surface area contributed by atoms with Gasteiger partial charge in [0.2, 0.25) is 11.9 Å². The number of para-hydroxylation sites is 1. The number of imidazole rings is 1. The normalized spacial score (nSPS) is 10.6. The second-order valence-corrected chi connectivity index (χ2v) is 5.97. The Kier molecular flexibility index (Phi) is 4.97. The van der Waals surface area contributed by atoms with Gasteiger partial charge in [0.15, 0.2) is 0 Å². The van der Waals surface area contributed by atoms with Crippen molar-refractivity contribution in [3.05, 3.63) is 59.4 Å². The van der Waals surface area contributed by atoms with E-state index in [4.69, 9.17) is 4.74 Å². The van der Waals surface area contributed by atoms with E-state index in [0.29, 0.717) is 17.4 Å². The van der Waals surface area contributed by atoms with Crippen LogP contribution in [0.5, 0.6) is 5.75 Å². The Labute approximate surface area is 152 Å². The maximum absolute atomic E-state index is 12.3. The molecule has 2 aromatic heterocycles. The average molecular weight is 351 g/mol. The lowest BCUT2D eigenvalue weighted by atomic mass is 10.1. The van der Waals surface area contributed by atoms with Crippen molar-refractivity contribution in [1.82, 2.24) is 19.5 Å². The number of ether oxygens (including phenoxy) is 1. The minimum atomic E-state index is -0.156. The minimum absolute atomic E-state index is 0.156. The van der Waals surface area contributed by atoms with Crippen molar-refractivity contribution >= 4 is 11.6 Å². The molecule has 0 aliphatic heterocycles. The topological polar surface area (TPSA) is 81.9 Å². The Morgan fingerprint density at radius 1 is 1.15 bits per heavy atom. The number of anilines is 1. The van der Waals surface area contributed by atoms with E-state index in [1.54, 1.807) is 19.5 Å². The van der Waals surface area contributed by atoms with Gasteiger partial charge in [-0.2, -0.15) is 0 Å². The second kappa shape index (κ2) is 7.35. The summed E-state index contributed by atoms with van der Waals surface area (Å²) in [4.78, 5) is 25.4. The van der Waals surface area contributed by atoms with Crippen LogP contribution in [0.15, 0.2) is 36.7 Å². The van der Waals surface area contributed by atoms with Crippen LogP contribution in [0.4, 0.5) is 5.69 Å². The molecular weight excluding hydrogens is 330 g/mol. The van der Waals surface area contributed by atoms with Gasteiger partial charge in [0.1, 0.15) is 11.6 Å². The summed E-state index contributed by atoms with van der Waals surface area (Å²) in [5, 5.41) is 2.81. The molecule has 0 bridgehead atoms. The number of carbonyl (C=O) groups is 1. The number of methoxy groups -OCH3 is 1. The zero-order valence-corrected chi connectivity index (χ0v) is 15.3. The van der Waals surface area contributed by atoms with E-state index in [9.17, 15) is 4.79 Å². The van der Waals surface area contributed by atoms with Crippen LogP contribution in [0, 0.1) is 20.8 Å². The molecule has 0 fully saturated rings. The lowest BCUT2D eigenvalue weighted by Gasteiger charge is -2.09. The number of carbonyl (C=O) groups excluding carboxylic acids is 1. The number of nitrogens with one attached hydrogen (secondary N) is 1. The molecule has 26 heavy (non-hydrogen) atoms. The maximum atomic E-state index is 12.3. The molecule has 0 aliphatic rings. The Morgan fingerprint density at radius 2 is 1.85 bits per heavy atom. The molecule has 0 unspecified atom stereocenters. The average Bonchev–Trinajstić information content (AvgIpc) is 2.88. The van der Waals surface area contributed by atoms with Crippen LogP contribution in [0.1, 0.15) is 22.8 Å². The van der Waals surface area contributed by atoms with E-state index >= 15 is 0 Å². The predicted molar refractivity (Wildman–Crippen MR) is 98.7 cm³/mol. The molecular formula is C19H21N5O2. The van der Waals surface area contributed by atoms with Crippen LogP contribution < -0.4 is 10.1 Å². The number of hydrogen-bond donors (Lipinski definition) is 1. The molecule has 3 rings (SSSR count). The first-order chi connectivity index (χ1) is 12.5. The molecule has 0 atom stereocenters. The number of nitrogens with zero attached hydrogens (tertiary/aromatic N) is 4. The highest BCUT2D eigenvalue weighted by Crippen LogP contribution is 2.19. The van der Waals surface area contributed by atoms with E-state index in [1.165, 1.54) is 0 Å². The molecule has 2 heterocycles. The summed E-state index contributed by atoms with van der Waals surface area (Å²) in [6, 6.07) is 7.44. The Morgan fingerprint density at radius 3 is 2.46 bits per heavy atom. The number of benzene rings is 1. The highest BCUT2D eigenvalue weighted by molar-refractivity contribution is 5.92. The Hall–Kier alpha value is -3.22. The molecule has 1 aromatic carbocycles. The van der Waals surface area contributed by atoms with Gasteiger partial charge in [-0.15, -0.1) is 0 Å². The van der Waals surface area contributed by atoms with Gasteiger partial charge in [-0.1, -0.05) is 18.2 Å². The van der Waals surface area contributed by atoms with E-state index in [0.717, 1.165) is 22.8 Å². The highest BCUT2D eigenvalue weighted by atomic mass is 16.5. The quantitative estimate of drug-likeness (QED) is 0.764. The van der Waals surface area contributed by atoms with Crippen LogP contribution in [0.25, 0.3) is 5.95 Å². The smallest absolute Gasteiger partial charge is 0.235 e. The minimum Gasteiger partial charge on any atom is -0.496 e. The molecule has 7 nitrogen and oxygen atoms in total. The van der Waals surface area contributed by atoms with Crippen LogP contribution in [-0.4, -0.2) is 32.5 Å². The van der Waals surface area contributed by atoms with Crippen LogP contribution in [0.3, 0.4) is 0 Å². The fourth-order valence-electron chi connectivity index (χ4n) is 2.80. The summed E-state index contributed by atoms with van der Waals surface area (Å²) in [5.41, 5.74) is 3.31. The van der Waals surface area contributed by atoms with Crippen molar-refractivity contribution in [3.63, 3.8) is 0 Å². The van der Waals surface area contributed by atoms with E-state index in [-0.39, 0.29) is 12.3 Å². The van der Waals surface area contributed by atoms with Crippen molar-refractivity contribution in [2.24, 2.45) is 0 Å². The summed E-state index contributed by atoms with van der Waals surface area (Å²) in [7, 11) is 1.59. The first-order valence-corrected chi connectivity index (χ1v) is 8.26. The lowest BCUT2D eigenvalue weighted by Crippen LogP contribution is -2.15. The molecule has 1 N–H and O–H groups in total. The summed E-state index contributed by atoms with van der Waals surface area (Å²) in [6.45, 7) is 5.83. The van der Waals surface area contributed by atoms with Gasteiger partial charge in [0.05, 0.1) is 37.3 Å². The largest absolute Gasteiger partial charge is 0.496 e. The van der Waals surface area contributed by atoms with Crippen LogP contribution in [-0.2, 0) is 11.2 Å². The van der Waals surface area contributed by atoms with Crippen molar-refractivity contribution in [1.29, 1.82) is 0 Å². The van der Waals surface area contributed by atoms with Gasteiger partial charge in [-0.25, -0.2) is 15.0 Å². The predicted octanol–water partition coefficient (Wildman–Crippen LogP) is 2.78. The molecule has 7 heteroatoms. The third-order valence-corrected chi connectivity index (χ3v) is 4.18. The van der Waals surface area contributed by atoms with Gasteiger partial charge in [-0.3, -0.25) is 9.36 Å². The zero-order valence-electron chi connectivity index (χ0n) is 15.3. The Balaban J connectivity index is 1.72. The third kappa shape index (κ3) is 3.56. The SMILES string of the molecule is COc1ccccc1CC(=O)Nc1cnc(-n2c(C)nc(C)c2C)nc1. The summed E-state index contributed by atoms with van der Waals surface area (Å²) < 4.78 is 7.16. The fourth-order valence-corrected chi connectivity index (χ4v) is 2.80. The van der Waals surface area contributed by atoms with Crippen molar-refractivity contribution in [3.8, 4) is 11.7 Å². The summed E-state index contributed by atoms with van der Waals surface area (Å²) in [5.74, 6) is 1.89. The monoisotopic (exact) mass is 351 g/mol. The van der Waals surface area contributed by atoms with Gasteiger partial charge >= 0.3 is 0 Å². The zero-order chi connectivity index (χ0) is 18.7. The number of amides is 1. The third-order valence-electron chi connectivity index (χ3n) is 4.18. The molecule has 134 valence electrons.